The van der Waals surface area contributed by atoms with Gasteiger partial charge >= 0.3 is 0 Å². The Bertz CT molecular complexity index is 1120. The number of allylic oxidation sites excluding steroid dienone is 2. The average molecular weight is 380 g/mol. The van der Waals surface area contributed by atoms with Gasteiger partial charge in [0.05, 0.1) is 0 Å². The van der Waals surface area contributed by atoms with Crippen LogP contribution < -0.4 is 10.2 Å². The van der Waals surface area contributed by atoms with Crippen molar-refractivity contribution in [3.05, 3.63) is 95.6 Å². The molecule has 0 atom stereocenters. The number of rotatable bonds is 4. The van der Waals surface area contributed by atoms with E-state index in [1.54, 1.807) is 0 Å². The number of hydrogen-bond acceptors (Lipinski definition) is 2. The predicted octanol–water partition coefficient (Wildman–Crippen LogP) is 5.84. The van der Waals surface area contributed by atoms with E-state index < -0.39 is 0 Å². The molecule has 1 N–H and O–H groups in total. The third kappa shape index (κ3) is 3.85. The minimum absolute atomic E-state index is 0.0629. The van der Waals surface area contributed by atoms with Crippen molar-refractivity contribution in [3.8, 4) is 11.1 Å². The number of hydrogen-bond donors (Lipinski definition) is 1. The summed E-state index contributed by atoms with van der Waals surface area (Å²) in [6.07, 6.45) is 6.36. The van der Waals surface area contributed by atoms with Crippen molar-refractivity contribution in [2.24, 2.45) is 0 Å². The molecule has 0 fully saturated rings. The van der Waals surface area contributed by atoms with Gasteiger partial charge in [-0.15, -0.1) is 0 Å². The second kappa shape index (κ2) is 7.80. The standard InChI is InChI=1S/C26H24N2O/c1-18(29)27-20-13-16-25-23-9-5-4-8-22(23)24(26(25)17-20)10-6-7-19-11-14-21(15-12-19)28(2)3/h4-17H,1-3H3,(H,27,29)/b7-6+,24-10+. The number of carbonyl (C=O) groups is 1. The van der Waals surface area contributed by atoms with Crippen molar-refractivity contribution in [1.82, 2.24) is 0 Å². The van der Waals surface area contributed by atoms with Crippen LogP contribution in [0.1, 0.15) is 23.6 Å². The molecule has 29 heavy (non-hydrogen) atoms. The highest BCUT2D eigenvalue weighted by molar-refractivity contribution is 6.03. The topological polar surface area (TPSA) is 32.3 Å². The summed E-state index contributed by atoms with van der Waals surface area (Å²) in [7, 11) is 4.08. The first-order chi connectivity index (χ1) is 14.0. The normalized spacial score (nSPS) is 13.4. The molecule has 4 rings (SSSR count). The van der Waals surface area contributed by atoms with Gasteiger partial charge in [-0.05, 0) is 57.7 Å². The molecule has 1 aliphatic rings. The molecule has 3 nitrogen and oxygen atoms in total. The van der Waals surface area contributed by atoms with E-state index in [0.29, 0.717) is 0 Å². The summed E-state index contributed by atoms with van der Waals surface area (Å²) in [6, 6.07) is 23.0. The quantitative estimate of drug-likeness (QED) is 0.483. The summed E-state index contributed by atoms with van der Waals surface area (Å²) in [5.41, 5.74) is 9.12. The van der Waals surface area contributed by atoms with Gasteiger partial charge in [-0.1, -0.05) is 60.7 Å². The first kappa shape index (κ1) is 18.8. The molecular formula is C26H24N2O. The van der Waals surface area contributed by atoms with Crippen LogP contribution in [0.25, 0.3) is 22.8 Å². The van der Waals surface area contributed by atoms with E-state index in [9.17, 15) is 4.79 Å². The molecule has 0 unspecified atom stereocenters. The molecule has 3 aromatic carbocycles. The van der Waals surface area contributed by atoms with Gasteiger partial charge < -0.3 is 10.2 Å². The van der Waals surface area contributed by atoms with Gasteiger partial charge in [0.15, 0.2) is 0 Å². The third-order valence-electron chi connectivity index (χ3n) is 5.10. The molecule has 0 saturated heterocycles. The van der Waals surface area contributed by atoms with E-state index in [1.165, 1.54) is 34.9 Å². The molecule has 3 aromatic rings. The van der Waals surface area contributed by atoms with Crippen molar-refractivity contribution in [3.63, 3.8) is 0 Å². The maximum atomic E-state index is 11.5. The molecule has 0 aromatic heterocycles. The molecule has 0 saturated carbocycles. The zero-order valence-electron chi connectivity index (χ0n) is 16.9. The Morgan fingerprint density at radius 1 is 0.862 bits per heavy atom. The maximum absolute atomic E-state index is 11.5. The number of nitrogens with one attached hydrogen (secondary N) is 1. The minimum atomic E-state index is -0.0629. The first-order valence-electron chi connectivity index (χ1n) is 9.70. The molecule has 0 radical (unpaired) electrons. The molecule has 1 aliphatic carbocycles. The molecule has 0 heterocycles. The monoisotopic (exact) mass is 380 g/mol. The lowest BCUT2D eigenvalue weighted by atomic mass is 10.0. The number of fused-ring (bicyclic) bond motifs is 3. The number of anilines is 2. The number of amides is 1. The fourth-order valence-corrected chi connectivity index (χ4v) is 3.70. The molecule has 0 bridgehead atoms. The Hall–Kier alpha value is -3.59. The van der Waals surface area contributed by atoms with Crippen LogP contribution in [-0.2, 0) is 4.79 Å². The Labute approximate surface area is 172 Å². The highest BCUT2D eigenvalue weighted by Gasteiger charge is 2.22. The molecule has 0 aliphatic heterocycles. The number of benzene rings is 3. The summed E-state index contributed by atoms with van der Waals surface area (Å²) >= 11 is 0. The van der Waals surface area contributed by atoms with E-state index in [0.717, 1.165) is 16.8 Å². The zero-order chi connectivity index (χ0) is 20.4. The third-order valence-corrected chi connectivity index (χ3v) is 5.10. The van der Waals surface area contributed by atoms with E-state index in [1.807, 2.05) is 20.2 Å². The molecule has 0 spiro atoms. The summed E-state index contributed by atoms with van der Waals surface area (Å²) < 4.78 is 0. The van der Waals surface area contributed by atoms with Crippen LogP contribution >= 0.6 is 0 Å². The average Bonchev–Trinajstić information content (AvgIpc) is 3.01. The highest BCUT2D eigenvalue weighted by atomic mass is 16.1. The Balaban J connectivity index is 1.70. The summed E-state index contributed by atoms with van der Waals surface area (Å²) in [5, 5.41) is 2.89. The zero-order valence-corrected chi connectivity index (χ0v) is 16.9. The van der Waals surface area contributed by atoms with Gasteiger partial charge in [0.25, 0.3) is 0 Å². The number of carbonyl (C=O) groups excluding carboxylic acids is 1. The Morgan fingerprint density at radius 3 is 2.24 bits per heavy atom. The molecule has 144 valence electrons. The van der Waals surface area contributed by atoms with Crippen molar-refractivity contribution in [2.75, 3.05) is 24.3 Å². The van der Waals surface area contributed by atoms with Crippen molar-refractivity contribution in [1.29, 1.82) is 0 Å². The highest BCUT2D eigenvalue weighted by Crippen LogP contribution is 2.45. The minimum Gasteiger partial charge on any atom is -0.378 e. The van der Waals surface area contributed by atoms with E-state index in [4.69, 9.17) is 0 Å². The van der Waals surface area contributed by atoms with Crippen molar-refractivity contribution in [2.45, 2.75) is 6.92 Å². The molecule has 3 heteroatoms. The van der Waals surface area contributed by atoms with Gasteiger partial charge in [-0.2, -0.15) is 0 Å². The number of nitrogens with zero attached hydrogens (tertiary/aromatic N) is 1. The second-order valence-electron chi connectivity index (χ2n) is 7.41. The van der Waals surface area contributed by atoms with Gasteiger partial charge in [0, 0.05) is 32.4 Å². The van der Waals surface area contributed by atoms with Crippen LogP contribution in [0.5, 0.6) is 0 Å². The fourth-order valence-electron chi connectivity index (χ4n) is 3.70. The molecular weight excluding hydrogens is 356 g/mol. The van der Waals surface area contributed by atoms with E-state index >= 15 is 0 Å². The maximum Gasteiger partial charge on any atom is 0.221 e. The van der Waals surface area contributed by atoms with Crippen molar-refractivity contribution < 1.29 is 4.79 Å². The lowest BCUT2D eigenvalue weighted by molar-refractivity contribution is -0.114. The lowest BCUT2D eigenvalue weighted by Crippen LogP contribution is -2.07. The van der Waals surface area contributed by atoms with Crippen LogP contribution in [0.15, 0.2) is 78.9 Å². The summed E-state index contributed by atoms with van der Waals surface area (Å²) in [6.45, 7) is 1.53. The largest absolute Gasteiger partial charge is 0.378 e. The van der Waals surface area contributed by atoms with Gasteiger partial charge in [-0.3, -0.25) is 4.79 Å². The lowest BCUT2D eigenvalue weighted by Gasteiger charge is -2.11. The smallest absolute Gasteiger partial charge is 0.221 e. The summed E-state index contributed by atoms with van der Waals surface area (Å²) in [5.74, 6) is -0.0629. The van der Waals surface area contributed by atoms with Gasteiger partial charge in [0.1, 0.15) is 0 Å². The van der Waals surface area contributed by atoms with Crippen LogP contribution in [0.2, 0.25) is 0 Å². The summed E-state index contributed by atoms with van der Waals surface area (Å²) in [4.78, 5) is 13.6. The second-order valence-corrected chi connectivity index (χ2v) is 7.41. The van der Waals surface area contributed by atoms with E-state index in [-0.39, 0.29) is 5.91 Å². The van der Waals surface area contributed by atoms with Crippen molar-refractivity contribution >= 4 is 28.9 Å². The van der Waals surface area contributed by atoms with Crippen LogP contribution in [0.4, 0.5) is 11.4 Å². The Kier molecular flexibility index (Phi) is 5.05. The van der Waals surface area contributed by atoms with Crippen LogP contribution in [0, 0.1) is 0 Å². The van der Waals surface area contributed by atoms with Crippen LogP contribution in [0.3, 0.4) is 0 Å². The van der Waals surface area contributed by atoms with Gasteiger partial charge in [-0.25, -0.2) is 0 Å². The SMILES string of the molecule is CC(=O)Nc1ccc2c(c1)/C(=C/C=C/c1ccc(N(C)C)cc1)c1ccccc1-2. The predicted molar refractivity (Wildman–Crippen MR) is 123 cm³/mol. The van der Waals surface area contributed by atoms with Crippen LogP contribution in [-0.4, -0.2) is 20.0 Å². The fraction of sp³-hybridized carbons (Fsp3) is 0.115. The first-order valence-corrected chi connectivity index (χ1v) is 9.70. The van der Waals surface area contributed by atoms with E-state index in [2.05, 4.69) is 89.1 Å². The molecule has 1 amide bonds. The Morgan fingerprint density at radius 2 is 1.55 bits per heavy atom. The van der Waals surface area contributed by atoms with Gasteiger partial charge in [0.2, 0.25) is 5.91 Å².